The number of carbonyl (C=O) groups excluding carboxylic acids is 2. The molecule has 0 aliphatic heterocycles. The molecule has 0 saturated carbocycles. The summed E-state index contributed by atoms with van der Waals surface area (Å²) in [6.45, 7) is 14.4. The predicted octanol–water partition coefficient (Wildman–Crippen LogP) is 4.28. The van der Waals surface area contributed by atoms with E-state index in [9.17, 15) is 9.59 Å². The van der Waals surface area contributed by atoms with Crippen LogP contribution in [0.5, 0.6) is 0 Å². The Hall–Kier alpha value is -1.50. The number of rotatable bonds is 9. The SMILES string of the molecule is CCCC(NC(=O)CC(C)(C)C)C(=O)Nc1nnc(C(C)(C)CCC)s1. The molecular formula is C19H34N4O2S. The van der Waals surface area contributed by atoms with Gasteiger partial charge in [-0.2, -0.15) is 0 Å². The molecule has 7 heteroatoms. The van der Waals surface area contributed by atoms with Gasteiger partial charge in [-0.25, -0.2) is 0 Å². The van der Waals surface area contributed by atoms with Gasteiger partial charge in [-0.3, -0.25) is 14.9 Å². The van der Waals surface area contributed by atoms with E-state index in [1.807, 2.05) is 27.7 Å². The Morgan fingerprint density at radius 2 is 1.73 bits per heavy atom. The summed E-state index contributed by atoms with van der Waals surface area (Å²) < 4.78 is 0. The fourth-order valence-corrected chi connectivity index (χ4v) is 3.63. The molecule has 2 amide bonds. The van der Waals surface area contributed by atoms with Gasteiger partial charge in [-0.05, 0) is 18.3 Å². The molecule has 6 nitrogen and oxygen atoms in total. The molecule has 0 spiro atoms. The highest BCUT2D eigenvalue weighted by Crippen LogP contribution is 2.32. The third-order valence-corrected chi connectivity index (χ3v) is 5.23. The lowest BCUT2D eigenvalue weighted by Crippen LogP contribution is -2.44. The zero-order valence-electron chi connectivity index (χ0n) is 17.2. The number of carbonyl (C=O) groups is 2. The summed E-state index contributed by atoms with van der Waals surface area (Å²) in [7, 11) is 0. The first-order valence-corrected chi connectivity index (χ1v) is 10.2. The molecule has 26 heavy (non-hydrogen) atoms. The zero-order valence-corrected chi connectivity index (χ0v) is 18.0. The summed E-state index contributed by atoms with van der Waals surface area (Å²) in [5, 5.41) is 15.4. The maximum absolute atomic E-state index is 12.6. The maximum Gasteiger partial charge on any atom is 0.248 e. The Morgan fingerprint density at radius 3 is 2.27 bits per heavy atom. The van der Waals surface area contributed by atoms with Crippen molar-refractivity contribution in [2.45, 2.75) is 92.0 Å². The Bertz CT molecular complexity index is 605. The summed E-state index contributed by atoms with van der Waals surface area (Å²) >= 11 is 1.41. The van der Waals surface area contributed by atoms with Crippen LogP contribution < -0.4 is 10.6 Å². The number of hydrogen-bond acceptors (Lipinski definition) is 5. The van der Waals surface area contributed by atoms with Gasteiger partial charge < -0.3 is 5.32 Å². The molecule has 1 atom stereocenters. The number of nitrogens with one attached hydrogen (secondary N) is 2. The van der Waals surface area contributed by atoms with E-state index in [2.05, 4.69) is 41.6 Å². The van der Waals surface area contributed by atoms with Crippen LogP contribution in [0.2, 0.25) is 0 Å². The largest absolute Gasteiger partial charge is 0.344 e. The molecule has 0 aromatic carbocycles. The topological polar surface area (TPSA) is 84.0 Å². The minimum absolute atomic E-state index is 0.0564. The number of hydrogen-bond donors (Lipinski definition) is 2. The van der Waals surface area contributed by atoms with Crippen molar-refractivity contribution in [1.29, 1.82) is 0 Å². The van der Waals surface area contributed by atoms with Crippen molar-refractivity contribution < 1.29 is 9.59 Å². The van der Waals surface area contributed by atoms with Gasteiger partial charge in [0.15, 0.2) is 0 Å². The van der Waals surface area contributed by atoms with E-state index in [1.54, 1.807) is 0 Å². The number of nitrogens with zero attached hydrogens (tertiary/aromatic N) is 2. The molecule has 1 unspecified atom stereocenters. The van der Waals surface area contributed by atoms with Crippen molar-refractivity contribution >= 4 is 28.3 Å². The van der Waals surface area contributed by atoms with E-state index in [0.717, 1.165) is 24.3 Å². The van der Waals surface area contributed by atoms with Gasteiger partial charge in [0.1, 0.15) is 11.0 Å². The average molecular weight is 383 g/mol. The van der Waals surface area contributed by atoms with Crippen LogP contribution in [0, 0.1) is 5.41 Å². The average Bonchev–Trinajstić information content (AvgIpc) is 2.94. The highest BCUT2D eigenvalue weighted by Gasteiger charge is 2.27. The van der Waals surface area contributed by atoms with Gasteiger partial charge in [0, 0.05) is 11.8 Å². The lowest BCUT2D eigenvalue weighted by Gasteiger charge is -2.21. The van der Waals surface area contributed by atoms with Crippen molar-refractivity contribution in [3.05, 3.63) is 5.01 Å². The second-order valence-electron chi connectivity index (χ2n) is 8.68. The fraction of sp³-hybridized carbons (Fsp3) is 0.789. The van der Waals surface area contributed by atoms with Gasteiger partial charge in [0.05, 0.1) is 0 Å². The lowest BCUT2D eigenvalue weighted by atomic mass is 9.89. The normalized spacial score (nSPS) is 13.3. The van der Waals surface area contributed by atoms with E-state index in [1.165, 1.54) is 11.3 Å². The van der Waals surface area contributed by atoms with Gasteiger partial charge in [-0.1, -0.05) is 72.6 Å². The van der Waals surface area contributed by atoms with E-state index >= 15 is 0 Å². The highest BCUT2D eigenvalue weighted by atomic mass is 32.1. The Morgan fingerprint density at radius 1 is 1.08 bits per heavy atom. The van der Waals surface area contributed by atoms with Crippen molar-refractivity contribution in [3.8, 4) is 0 Å². The molecule has 0 fully saturated rings. The predicted molar refractivity (Wildman–Crippen MR) is 107 cm³/mol. The van der Waals surface area contributed by atoms with Crippen LogP contribution >= 0.6 is 11.3 Å². The zero-order chi connectivity index (χ0) is 20.0. The maximum atomic E-state index is 12.6. The second-order valence-corrected chi connectivity index (χ2v) is 9.66. The standard InChI is InChI=1S/C19H34N4O2S/c1-8-10-13(20-14(24)12-18(3,4)5)15(25)21-17-23-22-16(26-17)19(6,7)11-9-2/h13H,8-12H2,1-7H3,(H,20,24)(H,21,23,25). The quantitative estimate of drug-likeness (QED) is 0.668. The van der Waals surface area contributed by atoms with Crippen LogP contribution in [0.25, 0.3) is 0 Å². The molecule has 148 valence electrons. The van der Waals surface area contributed by atoms with Crippen LogP contribution in [-0.2, 0) is 15.0 Å². The van der Waals surface area contributed by atoms with E-state index in [-0.39, 0.29) is 22.6 Å². The van der Waals surface area contributed by atoms with Crippen LogP contribution in [0.4, 0.5) is 5.13 Å². The summed E-state index contributed by atoms with van der Waals surface area (Å²) in [6, 6.07) is -0.550. The third-order valence-electron chi connectivity index (χ3n) is 4.03. The third kappa shape index (κ3) is 7.40. The number of amides is 2. The monoisotopic (exact) mass is 382 g/mol. The first kappa shape index (κ1) is 22.5. The molecule has 0 radical (unpaired) electrons. The van der Waals surface area contributed by atoms with Gasteiger partial charge >= 0.3 is 0 Å². The molecule has 1 aromatic rings. The van der Waals surface area contributed by atoms with Crippen molar-refractivity contribution in [3.63, 3.8) is 0 Å². The summed E-state index contributed by atoms with van der Waals surface area (Å²) in [5.41, 5.74) is -0.171. The smallest absolute Gasteiger partial charge is 0.248 e. The number of anilines is 1. The Balaban J connectivity index is 2.76. The number of aromatic nitrogens is 2. The summed E-state index contributed by atoms with van der Waals surface area (Å²) in [4.78, 5) is 24.8. The molecule has 0 aliphatic rings. The van der Waals surface area contributed by atoms with Crippen molar-refractivity contribution in [2.75, 3.05) is 5.32 Å². The summed E-state index contributed by atoms with van der Waals surface area (Å²) in [6.07, 6.45) is 3.85. The van der Waals surface area contributed by atoms with E-state index in [4.69, 9.17) is 0 Å². The second kappa shape index (κ2) is 9.44. The van der Waals surface area contributed by atoms with Crippen LogP contribution in [-0.4, -0.2) is 28.1 Å². The van der Waals surface area contributed by atoms with Gasteiger partial charge in [-0.15, -0.1) is 10.2 Å². The Kier molecular flexibility index (Phi) is 8.18. The fourth-order valence-electron chi connectivity index (χ4n) is 2.76. The molecule has 1 aromatic heterocycles. The minimum Gasteiger partial charge on any atom is -0.344 e. The van der Waals surface area contributed by atoms with E-state index < -0.39 is 6.04 Å². The van der Waals surface area contributed by atoms with Crippen LogP contribution in [0.15, 0.2) is 0 Å². The first-order valence-electron chi connectivity index (χ1n) is 9.42. The molecule has 0 bridgehead atoms. The van der Waals surface area contributed by atoms with Crippen LogP contribution in [0.1, 0.15) is 85.6 Å². The Labute approximate surface area is 161 Å². The highest BCUT2D eigenvalue weighted by molar-refractivity contribution is 7.15. The van der Waals surface area contributed by atoms with E-state index in [0.29, 0.717) is 18.0 Å². The minimum atomic E-state index is -0.550. The molecule has 2 N–H and O–H groups in total. The van der Waals surface area contributed by atoms with Crippen molar-refractivity contribution in [1.82, 2.24) is 15.5 Å². The summed E-state index contributed by atoms with van der Waals surface area (Å²) in [5.74, 6) is -0.335. The molecular weight excluding hydrogens is 348 g/mol. The molecule has 0 aliphatic carbocycles. The van der Waals surface area contributed by atoms with Crippen molar-refractivity contribution in [2.24, 2.45) is 5.41 Å². The van der Waals surface area contributed by atoms with Crippen LogP contribution in [0.3, 0.4) is 0 Å². The first-order chi connectivity index (χ1) is 12.0. The lowest BCUT2D eigenvalue weighted by molar-refractivity contribution is -0.127. The molecule has 1 heterocycles. The van der Waals surface area contributed by atoms with Gasteiger partial charge in [0.25, 0.3) is 0 Å². The molecule has 1 rings (SSSR count). The molecule has 0 saturated heterocycles. The van der Waals surface area contributed by atoms with Gasteiger partial charge in [0.2, 0.25) is 16.9 Å².